The van der Waals surface area contributed by atoms with Crippen molar-refractivity contribution in [3.05, 3.63) is 23.7 Å². The molecular weight excluding hydrogens is 208 g/mol. The molecular formula is C11H16N2O3. The quantitative estimate of drug-likeness (QED) is 0.759. The lowest BCUT2D eigenvalue weighted by Crippen LogP contribution is -2.33. The minimum absolute atomic E-state index is 0.183. The second kappa shape index (κ2) is 3.92. The molecule has 1 aliphatic heterocycles. The molecule has 5 nitrogen and oxygen atoms in total. The van der Waals surface area contributed by atoms with Crippen molar-refractivity contribution < 1.29 is 14.3 Å². The van der Waals surface area contributed by atoms with Gasteiger partial charge in [-0.3, -0.25) is 4.79 Å². The van der Waals surface area contributed by atoms with E-state index in [2.05, 4.69) is 0 Å². The minimum atomic E-state index is -0.779. The molecule has 16 heavy (non-hydrogen) atoms. The highest BCUT2D eigenvalue weighted by Crippen LogP contribution is 2.22. The third kappa shape index (κ3) is 2.10. The minimum Gasteiger partial charge on any atom is -0.455 e. The third-order valence-electron chi connectivity index (χ3n) is 2.81. The van der Waals surface area contributed by atoms with Crippen LogP contribution in [-0.4, -0.2) is 34.6 Å². The number of nitrogens with two attached hydrogens (primary N) is 1. The Labute approximate surface area is 93.8 Å². The van der Waals surface area contributed by atoms with Crippen LogP contribution in [0.15, 0.2) is 16.5 Å². The molecule has 1 fully saturated rings. The van der Waals surface area contributed by atoms with E-state index in [0.717, 1.165) is 0 Å². The average molecular weight is 224 g/mol. The summed E-state index contributed by atoms with van der Waals surface area (Å²) in [6, 6.07) is 3.32. The molecule has 1 aromatic heterocycles. The Balaban J connectivity index is 2.08. The van der Waals surface area contributed by atoms with Crippen molar-refractivity contribution in [2.24, 2.45) is 5.73 Å². The molecule has 88 valence electrons. The van der Waals surface area contributed by atoms with Crippen molar-refractivity contribution in [1.29, 1.82) is 0 Å². The molecule has 0 bridgehead atoms. The van der Waals surface area contributed by atoms with E-state index >= 15 is 0 Å². The molecule has 1 aliphatic rings. The highest BCUT2D eigenvalue weighted by atomic mass is 16.4. The van der Waals surface area contributed by atoms with E-state index in [4.69, 9.17) is 10.2 Å². The number of carbonyl (C=O) groups is 1. The normalized spacial score (nSPS) is 25.1. The van der Waals surface area contributed by atoms with Crippen molar-refractivity contribution in [3.8, 4) is 0 Å². The average Bonchev–Trinajstić information content (AvgIpc) is 2.83. The maximum Gasteiger partial charge on any atom is 0.289 e. The van der Waals surface area contributed by atoms with Crippen molar-refractivity contribution >= 4 is 5.91 Å². The maximum atomic E-state index is 11.9. The Morgan fingerprint density at radius 3 is 2.94 bits per heavy atom. The van der Waals surface area contributed by atoms with Gasteiger partial charge < -0.3 is 20.2 Å². The van der Waals surface area contributed by atoms with Crippen LogP contribution in [0, 0.1) is 0 Å². The van der Waals surface area contributed by atoms with Gasteiger partial charge in [-0.05, 0) is 25.5 Å². The zero-order valence-corrected chi connectivity index (χ0v) is 9.27. The van der Waals surface area contributed by atoms with Gasteiger partial charge in [0.2, 0.25) is 0 Å². The van der Waals surface area contributed by atoms with Gasteiger partial charge in [-0.2, -0.15) is 0 Å². The summed E-state index contributed by atoms with van der Waals surface area (Å²) in [5, 5.41) is 9.77. The number of hydrogen-bond donors (Lipinski definition) is 2. The maximum absolute atomic E-state index is 11.9. The fourth-order valence-corrected chi connectivity index (χ4v) is 1.88. The summed E-state index contributed by atoms with van der Waals surface area (Å²) in [6.07, 6.45) is 0.600. The van der Waals surface area contributed by atoms with E-state index in [1.807, 2.05) is 0 Å². The largest absolute Gasteiger partial charge is 0.455 e. The lowest BCUT2D eigenvalue weighted by molar-refractivity contribution is 0.0554. The van der Waals surface area contributed by atoms with Gasteiger partial charge in [0.05, 0.1) is 12.1 Å². The number of aliphatic hydroxyl groups is 1. The molecule has 1 amide bonds. The molecule has 1 saturated heterocycles. The Morgan fingerprint density at radius 2 is 2.44 bits per heavy atom. The molecule has 1 unspecified atom stereocenters. The SMILES string of the molecule is CC1(O)CCN(C(=O)c2ccc(CN)o2)C1. The predicted molar refractivity (Wildman–Crippen MR) is 57.7 cm³/mol. The van der Waals surface area contributed by atoms with Gasteiger partial charge in [-0.15, -0.1) is 0 Å². The number of amides is 1. The molecule has 2 rings (SSSR count). The van der Waals surface area contributed by atoms with Crippen LogP contribution in [-0.2, 0) is 6.54 Å². The lowest BCUT2D eigenvalue weighted by atomic mass is 10.1. The van der Waals surface area contributed by atoms with Gasteiger partial charge in [0.1, 0.15) is 5.76 Å². The number of β-amino-alcohol motifs (C(OH)–C–C–N with tert-alkyl or cyclic N) is 1. The smallest absolute Gasteiger partial charge is 0.289 e. The van der Waals surface area contributed by atoms with Gasteiger partial charge in [0.25, 0.3) is 5.91 Å². The van der Waals surface area contributed by atoms with Gasteiger partial charge in [0.15, 0.2) is 5.76 Å². The second-order valence-corrected chi connectivity index (χ2v) is 4.44. The molecule has 1 atom stereocenters. The zero-order chi connectivity index (χ0) is 11.8. The summed E-state index contributed by atoms with van der Waals surface area (Å²) < 4.78 is 5.28. The fraction of sp³-hybridized carbons (Fsp3) is 0.545. The molecule has 2 heterocycles. The van der Waals surface area contributed by atoms with Crippen LogP contribution in [0.5, 0.6) is 0 Å². The molecule has 0 aromatic carbocycles. The van der Waals surface area contributed by atoms with E-state index in [1.54, 1.807) is 24.0 Å². The van der Waals surface area contributed by atoms with E-state index in [9.17, 15) is 9.90 Å². The highest BCUT2D eigenvalue weighted by molar-refractivity contribution is 5.91. The van der Waals surface area contributed by atoms with Crippen molar-refractivity contribution in [2.75, 3.05) is 13.1 Å². The first-order chi connectivity index (χ1) is 7.52. The topological polar surface area (TPSA) is 79.7 Å². The zero-order valence-electron chi connectivity index (χ0n) is 9.27. The van der Waals surface area contributed by atoms with Crippen LogP contribution in [0.2, 0.25) is 0 Å². The molecule has 1 aromatic rings. The first kappa shape index (κ1) is 11.2. The first-order valence-corrected chi connectivity index (χ1v) is 5.32. The Morgan fingerprint density at radius 1 is 1.69 bits per heavy atom. The molecule has 0 spiro atoms. The Hall–Kier alpha value is -1.33. The number of likely N-dealkylation sites (tertiary alicyclic amines) is 1. The van der Waals surface area contributed by atoms with Gasteiger partial charge >= 0.3 is 0 Å². The van der Waals surface area contributed by atoms with Gasteiger partial charge in [0, 0.05) is 13.1 Å². The van der Waals surface area contributed by atoms with Crippen LogP contribution in [0.25, 0.3) is 0 Å². The van der Waals surface area contributed by atoms with Crippen molar-refractivity contribution in [2.45, 2.75) is 25.5 Å². The molecule has 0 aliphatic carbocycles. The third-order valence-corrected chi connectivity index (χ3v) is 2.81. The van der Waals surface area contributed by atoms with Crippen molar-refractivity contribution in [1.82, 2.24) is 4.90 Å². The fourth-order valence-electron chi connectivity index (χ4n) is 1.88. The number of carbonyl (C=O) groups excluding carboxylic acids is 1. The van der Waals surface area contributed by atoms with E-state index in [-0.39, 0.29) is 18.2 Å². The Bertz CT molecular complexity index is 398. The predicted octanol–water partition coefficient (Wildman–Crippen LogP) is 0.335. The molecule has 0 radical (unpaired) electrons. The van der Waals surface area contributed by atoms with Crippen LogP contribution in [0.1, 0.15) is 29.7 Å². The summed E-state index contributed by atoms with van der Waals surface area (Å²) in [6.45, 7) is 2.92. The number of nitrogens with zero attached hydrogens (tertiary/aromatic N) is 1. The van der Waals surface area contributed by atoms with E-state index in [0.29, 0.717) is 25.3 Å². The summed E-state index contributed by atoms with van der Waals surface area (Å²) >= 11 is 0. The first-order valence-electron chi connectivity index (χ1n) is 5.32. The number of furan rings is 1. The summed E-state index contributed by atoms with van der Waals surface area (Å²) in [4.78, 5) is 13.5. The summed E-state index contributed by atoms with van der Waals surface area (Å²) in [5.74, 6) is 0.699. The standard InChI is InChI=1S/C11H16N2O3/c1-11(15)4-5-13(7-11)10(14)9-3-2-8(6-12)16-9/h2-3,15H,4-7,12H2,1H3. The number of rotatable bonds is 2. The molecule has 3 N–H and O–H groups in total. The summed E-state index contributed by atoms with van der Waals surface area (Å²) in [7, 11) is 0. The molecule has 0 saturated carbocycles. The van der Waals surface area contributed by atoms with Crippen LogP contribution in [0.4, 0.5) is 0 Å². The Kier molecular flexibility index (Phi) is 2.73. The van der Waals surface area contributed by atoms with Crippen LogP contribution in [0.3, 0.4) is 0 Å². The lowest BCUT2D eigenvalue weighted by Gasteiger charge is -2.17. The highest BCUT2D eigenvalue weighted by Gasteiger charge is 2.35. The van der Waals surface area contributed by atoms with Gasteiger partial charge in [-0.25, -0.2) is 0 Å². The molecule has 5 heteroatoms. The van der Waals surface area contributed by atoms with E-state index in [1.165, 1.54) is 0 Å². The monoisotopic (exact) mass is 224 g/mol. The van der Waals surface area contributed by atoms with Gasteiger partial charge in [-0.1, -0.05) is 0 Å². The number of hydrogen-bond acceptors (Lipinski definition) is 4. The summed E-state index contributed by atoms with van der Waals surface area (Å²) in [5.41, 5.74) is 4.62. The van der Waals surface area contributed by atoms with E-state index < -0.39 is 5.60 Å². The van der Waals surface area contributed by atoms with Crippen LogP contribution >= 0.6 is 0 Å². The van der Waals surface area contributed by atoms with Crippen LogP contribution < -0.4 is 5.73 Å². The van der Waals surface area contributed by atoms with Crippen molar-refractivity contribution in [3.63, 3.8) is 0 Å². The second-order valence-electron chi connectivity index (χ2n) is 4.44.